The van der Waals surface area contributed by atoms with Gasteiger partial charge in [-0.2, -0.15) is 13.2 Å². The number of aliphatic hydroxyl groups excluding tert-OH is 1. The van der Waals surface area contributed by atoms with Crippen LogP contribution in [0.3, 0.4) is 0 Å². The van der Waals surface area contributed by atoms with E-state index in [4.69, 9.17) is 0 Å². The average Bonchev–Trinajstić information content (AvgIpc) is 2.53. The van der Waals surface area contributed by atoms with E-state index >= 15 is 0 Å². The van der Waals surface area contributed by atoms with Gasteiger partial charge in [0, 0.05) is 13.6 Å². The van der Waals surface area contributed by atoms with Gasteiger partial charge in [0.2, 0.25) is 5.91 Å². The van der Waals surface area contributed by atoms with E-state index < -0.39 is 23.8 Å². The van der Waals surface area contributed by atoms with Crippen molar-refractivity contribution in [1.29, 1.82) is 0 Å². The number of aliphatic hydroxyl groups is 1. The predicted molar refractivity (Wildman–Crippen MR) is 82.0 cm³/mol. The molecule has 0 saturated heterocycles. The fraction of sp³-hybridized carbons (Fsp3) is 0.500. The molecule has 2 amide bonds. The summed E-state index contributed by atoms with van der Waals surface area (Å²) in [7, 11) is 1.34. The lowest BCUT2D eigenvalue weighted by atomic mass is 10.1. The zero-order valence-corrected chi connectivity index (χ0v) is 13.6. The van der Waals surface area contributed by atoms with Gasteiger partial charge in [-0.15, -0.1) is 0 Å². The van der Waals surface area contributed by atoms with Gasteiger partial charge in [-0.25, -0.2) is 0 Å². The Kier molecular flexibility index (Phi) is 7.21. The van der Waals surface area contributed by atoms with Crippen LogP contribution in [0, 0.1) is 0 Å². The van der Waals surface area contributed by atoms with Crippen molar-refractivity contribution >= 4 is 11.8 Å². The number of amides is 2. The van der Waals surface area contributed by atoms with Crippen molar-refractivity contribution in [3.05, 3.63) is 35.4 Å². The number of unbranched alkanes of at least 4 members (excludes halogenated alkanes) is 1. The lowest BCUT2D eigenvalue weighted by molar-refractivity contribution is -0.142. The highest BCUT2D eigenvalue weighted by atomic mass is 19.4. The number of carbonyl (C=O) groups is 2. The highest BCUT2D eigenvalue weighted by Crippen LogP contribution is 2.30. The average molecular weight is 346 g/mol. The lowest BCUT2D eigenvalue weighted by Gasteiger charge is -2.20. The first kappa shape index (κ1) is 20.0. The predicted octanol–water partition coefficient (Wildman–Crippen LogP) is 2.11. The maximum absolute atomic E-state index is 12.5. The Morgan fingerprint density at radius 2 is 1.83 bits per heavy atom. The molecule has 2 N–H and O–H groups in total. The standard InChI is InChI=1S/C16H21F3N2O3/c1-3-4-9-20-13(22)10-21(2)15(24)14(23)11-5-7-12(8-6-11)16(17,18)19/h5-8,14,23H,3-4,9-10H2,1-2H3,(H,20,22). The molecule has 5 nitrogen and oxygen atoms in total. The van der Waals surface area contributed by atoms with E-state index in [9.17, 15) is 27.9 Å². The number of nitrogens with one attached hydrogen (secondary N) is 1. The van der Waals surface area contributed by atoms with Gasteiger partial charge in [-0.3, -0.25) is 9.59 Å². The quantitative estimate of drug-likeness (QED) is 0.743. The summed E-state index contributed by atoms with van der Waals surface area (Å²) in [6.45, 7) is 2.24. The molecule has 0 radical (unpaired) electrons. The Hall–Kier alpha value is -2.09. The molecule has 0 aliphatic heterocycles. The molecule has 1 aromatic rings. The third-order valence-corrected chi connectivity index (χ3v) is 3.40. The second-order valence-electron chi connectivity index (χ2n) is 5.42. The summed E-state index contributed by atoms with van der Waals surface area (Å²) < 4.78 is 37.5. The van der Waals surface area contributed by atoms with Crippen LogP contribution in [0.2, 0.25) is 0 Å². The molecule has 24 heavy (non-hydrogen) atoms. The minimum atomic E-state index is -4.49. The fourth-order valence-electron chi connectivity index (χ4n) is 1.96. The molecule has 1 rings (SSSR count). The molecular formula is C16H21F3N2O3. The molecule has 0 aliphatic rings. The van der Waals surface area contributed by atoms with Gasteiger partial charge in [0.1, 0.15) is 0 Å². The molecule has 0 aliphatic carbocycles. The van der Waals surface area contributed by atoms with Crippen molar-refractivity contribution < 1.29 is 27.9 Å². The Morgan fingerprint density at radius 3 is 2.33 bits per heavy atom. The van der Waals surface area contributed by atoms with E-state index in [2.05, 4.69) is 5.32 Å². The largest absolute Gasteiger partial charge is 0.416 e. The number of hydrogen-bond acceptors (Lipinski definition) is 3. The molecule has 1 atom stereocenters. The minimum absolute atomic E-state index is 0.0336. The van der Waals surface area contributed by atoms with Gasteiger partial charge >= 0.3 is 6.18 Å². The zero-order chi connectivity index (χ0) is 18.3. The van der Waals surface area contributed by atoms with Crippen LogP contribution in [0.1, 0.15) is 37.0 Å². The van der Waals surface area contributed by atoms with E-state index in [0.29, 0.717) is 6.54 Å². The summed E-state index contributed by atoms with van der Waals surface area (Å²) >= 11 is 0. The summed E-state index contributed by atoms with van der Waals surface area (Å²) in [5, 5.41) is 12.6. The molecule has 1 unspecified atom stereocenters. The van der Waals surface area contributed by atoms with Gasteiger partial charge in [0.05, 0.1) is 12.1 Å². The number of benzene rings is 1. The van der Waals surface area contributed by atoms with Crippen molar-refractivity contribution in [2.45, 2.75) is 32.0 Å². The van der Waals surface area contributed by atoms with Gasteiger partial charge in [0.25, 0.3) is 5.91 Å². The molecule has 8 heteroatoms. The van der Waals surface area contributed by atoms with Crippen LogP contribution in [0.4, 0.5) is 13.2 Å². The van der Waals surface area contributed by atoms with Crippen LogP contribution in [0.15, 0.2) is 24.3 Å². The van der Waals surface area contributed by atoms with Crippen LogP contribution < -0.4 is 5.32 Å². The molecule has 0 spiro atoms. The Labute approximate surface area is 138 Å². The van der Waals surface area contributed by atoms with E-state index in [1.165, 1.54) is 7.05 Å². The topological polar surface area (TPSA) is 69.6 Å². The van der Waals surface area contributed by atoms with E-state index in [-0.39, 0.29) is 18.0 Å². The molecule has 0 saturated carbocycles. The maximum atomic E-state index is 12.5. The van der Waals surface area contributed by atoms with Crippen molar-refractivity contribution in [3.63, 3.8) is 0 Å². The monoisotopic (exact) mass is 346 g/mol. The number of likely N-dealkylation sites (N-methyl/N-ethyl adjacent to an activating group) is 1. The summed E-state index contributed by atoms with van der Waals surface area (Å²) in [6.07, 6.45) is -4.37. The van der Waals surface area contributed by atoms with E-state index in [1.807, 2.05) is 6.92 Å². The number of hydrogen-bond donors (Lipinski definition) is 2. The van der Waals surface area contributed by atoms with Gasteiger partial charge in [-0.1, -0.05) is 25.5 Å². The van der Waals surface area contributed by atoms with Crippen LogP contribution in [0.5, 0.6) is 0 Å². The first-order valence-corrected chi connectivity index (χ1v) is 7.53. The number of nitrogens with zero attached hydrogens (tertiary/aromatic N) is 1. The normalized spacial score (nSPS) is 12.6. The van der Waals surface area contributed by atoms with Crippen molar-refractivity contribution in [1.82, 2.24) is 10.2 Å². The number of rotatable bonds is 7. The summed E-state index contributed by atoms with van der Waals surface area (Å²) in [5.74, 6) is -1.13. The Morgan fingerprint density at radius 1 is 1.25 bits per heavy atom. The molecule has 0 aromatic heterocycles. The zero-order valence-electron chi connectivity index (χ0n) is 13.6. The third-order valence-electron chi connectivity index (χ3n) is 3.40. The molecular weight excluding hydrogens is 325 g/mol. The van der Waals surface area contributed by atoms with Crippen molar-refractivity contribution in [2.75, 3.05) is 20.1 Å². The third kappa shape index (κ3) is 5.84. The van der Waals surface area contributed by atoms with Crippen LogP contribution in [-0.2, 0) is 15.8 Å². The van der Waals surface area contributed by atoms with Crippen LogP contribution in [0.25, 0.3) is 0 Å². The maximum Gasteiger partial charge on any atom is 0.416 e. The van der Waals surface area contributed by atoms with Gasteiger partial charge in [0.15, 0.2) is 6.10 Å². The highest BCUT2D eigenvalue weighted by molar-refractivity contribution is 5.87. The first-order valence-electron chi connectivity index (χ1n) is 7.53. The summed E-state index contributed by atoms with van der Waals surface area (Å²) in [6, 6.07) is 3.67. The SMILES string of the molecule is CCCCNC(=O)CN(C)C(=O)C(O)c1ccc(C(F)(F)F)cc1. The number of carbonyl (C=O) groups excluding carboxylic acids is 2. The van der Waals surface area contributed by atoms with E-state index in [0.717, 1.165) is 42.0 Å². The van der Waals surface area contributed by atoms with Crippen LogP contribution in [-0.4, -0.2) is 42.0 Å². The summed E-state index contributed by atoms with van der Waals surface area (Å²) in [5.41, 5.74) is -0.833. The second kappa shape index (κ2) is 8.68. The van der Waals surface area contributed by atoms with Crippen molar-refractivity contribution in [3.8, 4) is 0 Å². The molecule has 0 bridgehead atoms. The minimum Gasteiger partial charge on any atom is -0.378 e. The molecule has 1 aromatic carbocycles. The Bertz CT molecular complexity index is 559. The number of halogens is 3. The number of alkyl halides is 3. The van der Waals surface area contributed by atoms with E-state index in [1.54, 1.807) is 0 Å². The second-order valence-corrected chi connectivity index (χ2v) is 5.42. The van der Waals surface area contributed by atoms with Gasteiger partial charge < -0.3 is 15.3 Å². The summed E-state index contributed by atoms with van der Waals surface area (Å²) in [4.78, 5) is 24.7. The van der Waals surface area contributed by atoms with Crippen LogP contribution >= 0.6 is 0 Å². The molecule has 0 fully saturated rings. The van der Waals surface area contributed by atoms with Crippen molar-refractivity contribution in [2.24, 2.45) is 0 Å². The highest BCUT2D eigenvalue weighted by Gasteiger charge is 2.31. The molecule has 134 valence electrons. The van der Waals surface area contributed by atoms with Gasteiger partial charge in [-0.05, 0) is 24.1 Å². The first-order chi connectivity index (χ1) is 11.2. The molecule has 0 heterocycles. The lowest BCUT2D eigenvalue weighted by Crippen LogP contribution is -2.40. The fourth-order valence-corrected chi connectivity index (χ4v) is 1.96. The Balaban J connectivity index is 2.64. The smallest absolute Gasteiger partial charge is 0.378 e.